The Morgan fingerprint density at radius 3 is 2.39 bits per heavy atom. The first-order valence-electron chi connectivity index (χ1n) is 6.81. The minimum absolute atomic E-state index is 0.125. The van der Waals surface area contributed by atoms with E-state index in [1.54, 1.807) is 12.1 Å². The number of hydrogen-bond acceptors (Lipinski definition) is 2. The van der Waals surface area contributed by atoms with Crippen molar-refractivity contribution in [3.8, 4) is 0 Å². The average molecular weight is 324 g/mol. The van der Waals surface area contributed by atoms with Crippen LogP contribution >= 0.6 is 0 Å². The highest BCUT2D eigenvalue weighted by atomic mass is 19.2. The van der Waals surface area contributed by atoms with Crippen molar-refractivity contribution >= 4 is 11.7 Å². The molecule has 4 nitrogen and oxygen atoms in total. The van der Waals surface area contributed by atoms with E-state index in [1.807, 2.05) is 19.1 Å². The highest BCUT2D eigenvalue weighted by Gasteiger charge is 2.15. The first-order valence-corrected chi connectivity index (χ1v) is 6.81. The number of halogens is 3. The van der Waals surface area contributed by atoms with Gasteiger partial charge in [-0.05, 0) is 24.6 Å². The summed E-state index contributed by atoms with van der Waals surface area (Å²) in [6, 6.07) is 7.83. The average Bonchev–Trinajstić information content (AvgIpc) is 2.54. The normalized spacial score (nSPS) is 11.9. The lowest BCUT2D eigenvalue weighted by Gasteiger charge is -2.13. The fourth-order valence-corrected chi connectivity index (χ4v) is 1.88. The van der Waals surface area contributed by atoms with E-state index < -0.39 is 35.3 Å². The van der Waals surface area contributed by atoms with Gasteiger partial charge < -0.3 is 15.7 Å². The maximum Gasteiger partial charge on any atom is 0.319 e. The highest BCUT2D eigenvalue weighted by Crippen LogP contribution is 2.19. The Labute approximate surface area is 131 Å². The zero-order valence-corrected chi connectivity index (χ0v) is 12.2. The summed E-state index contributed by atoms with van der Waals surface area (Å²) in [6.45, 7) is 1.78. The van der Waals surface area contributed by atoms with Crippen LogP contribution in [-0.2, 0) is 0 Å². The minimum Gasteiger partial charge on any atom is -0.387 e. The summed E-state index contributed by atoms with van der Waals surface area (Å²) in [5.41, 5.74) is 1.14. The molecule has 23 heavy (non-hydrogen) atoms. The molecule has 0 radical (unpaired) electrons. The summed E-state index contributed by atoms with van der Waals surface area (Å²) in [6.07, 6.45) is -0.948. The standard InChI is InChI=1S/C16H15F3N2O2/c1-9-2-4-10(5-3-9)13(22)8-20-16(23)21-12-7-6-11(17)14(18)15(12)19/h2-7,13,22H,8H2,1H3,(H2,20,21,23)/t13-/m1/s1. The van der Waals surface area contributed by atoms with Crippen molar-refractivity contribution in [3.05, 3.63) is 65.0 Å². The molecule has 1 atom stereocenters. The summed E-state index contributed by atoms with van der Waals surface area (Å²) in [5, 5.41) is 14.3. The van der Waals surface area contributed by atoms with Crippen LogP contribution in [-0.4, -0.2) is 17.7 Å². The van der Waals surface area contributed by atoms with Crippen LogP contribution in [0.3, 0.4) is 0 Å². The molecule has 3 N–H and O–H groups in total. The van der Waals surface area contributed by atoms with E-state index in [2.05, 4.69) is 10.6 Å². The van der Waals surface area contributed by atoms with Crippen molar-refractivity contribution in [2.24, 2.45) is 0 Å². The van der Waals surface area contributed by atoms with Crippen LogP contribution in [0.2, 0.25) is 0 Å². The number of amides is 2. The van der Waals surface area contributed by atoms with Gasteiger partial charge in [-0.2, -0.15) is 0 Å². The molecule has 2 amide bonds. The van der Waals surface area contributed by atoms with Gasteiger partial charge in [-0.3, -0.25) is 0 Å². The highest BCUT2D eigenvalue weighted by molar-refractivity contribution is 5.89. The van der Waals surface area contributed by atoms with Crippen molar-refractivity contribution in [3.63, 3.8) is 0 Å². The first kappa shape index (κ1) is 16.8. The van der Waals surface area contributed by atoms with Crippen LogP contribution in [0.15, 0.2) is 36.4 Å². The lowest BCUT2D eigenvalue weighted by molar-refractivity contribution is 0.175. The molecule has 0 aliphatic rings. The molecule has 2 aromatic rings. The molecule has 0 spiro atoms. The fourth-order valence-electron chi connectivity index (χ4n) is 1.88. The number of carbonyl (C=O) groups excluding carboxylic acids is 1. The van der Waals surface area contributed by atoms with Crippen molar-refractivity contribution < 1.29 is 23.1 Å². The van der Waals surface area contributed by atoms with E-state index in [-0.39, 0.29) is 6.54 Å². The summed E-state index contributed by atoms with van der Waals surface area (Å²) >= 11 is 0. The predicted molar refractivity (Wildman–Crippen MR) is 79.5 cm³/mol. The lowest BCUT2D eigenvalue weighted by Crippen LogP contribution is -2.32. The molecule has 2 rings (SSSR count). The number of benzene rings is 2. The lowest BCUT2D eigenvalue weighted by atomic mass is 10.1. The third-order valence-corrected chi connectivity index (χ3v) is 3.20. The number of rotatable bonds is 4. The van der Waals surface area contributed by atoms with Crippen LogP contribution in [0.4, 0.5) is 23.7 Å². The molecule has 0 aromatic heterocycles. The monoisotopic (exact) mass is 324 g/mol. The molecule has 0 bridgehead atoms. The number of aliphatic hydroxyl groups is 1. The Morgan fingerprint density at radius 2 is 1.74 bits per heavy atom. The summed E-state index contributed by atoms with van der Waals surface area (Å²) < 4.78 is 39.3. The minimum atomic E-state index is -1.66. The van der Waals surface area contributed by atoms with Gasteiger partial charge in [0, 0.05) is 6.54 Å². The Hall–Kier alpha value is -2.54. The largest absolute Gasteiger partial charge is 0.387 e. The zero-order valence-electron chi connectivity index (χ0n) is 12.2. The molecule has 7 heteroatoms. The third-order valence-electron chi connectivity index (χ3n) is 3.20. The second-order valence-corrected chi connectivity index (χ2v) is 4.98. The van der Waals surface area contributed by atoms with Crippen LogP contribution < -0.4 is 10.6 Å². The van der Waals surface area contributed by atoms with E-state index in [0.717, 1.165) is 11.6 Å². The van der Waals surface area contributed by atoms with Gasteiger partial charge in [-0.1, -0.05) is 29.8 Å². The van der Waals surface area contributed by atoms with Gasteiger partial charge in [0.05, 0.1) is 11.8 Å². The molecule has 2 aromatic carbocycles. The van der Waals surface area contributed by atoms with Crippen LogP contribution in [0.1, 0.15) is 17.2 Å². The van der Waals surface area contributed by atoms with Gasteiger partial charge in [0.15, 0.2) is 17.5 Å². The van der Waals surface area contributed by atoms with Crippen LogP contribution in [0, 0.1) is 24.4 Å². The smallest absolute Gasteiger partial charge is 0.319 e. The van der Waals surface area contributed by atoms with E-state index >= 15 is 0 Å². The van der Waals surface area contributed by atoms with Gasteiger partial charge >= 0.3 is 6.03 Å². The number of anilines is 1. The molecular formula is C16H15F3N2O2. The first-order chi connectivity index (χ1) is 10.9. The molecule has 0 heterocycles. The van der Waals surface area contributed by atoms with E-state index in [9.17, 15) is 23.1 Å². The topological polar surface area (TPSA) is 61.4 Å². The maximum absolute atomic E-state index is 13.4. The molecular weight excluding hydrogens is 309 g/mol. The van der Waals surface area contributed by atoms with E-state index in [1.165, 1.54) is 0 Å². The van der Waals surface area contributed by atoms with Gasteiger partial charge in [0.2, 0.25) is 0 Å². The molecule has 0 saturated carbocycles. The Bertz CT molecular complexity index is 705. The number of aliphatic hydroxyl groups excluding tert-OH is 1. The van der Waals surface area contributed by atoms with Gasteiger partial charge in [-0.25, -0.2) is 18.0 Å². The quantitative estimate of drug-likeness (QED) is 0.756. The molecule has 122 valence electrons. The number of aryl methyl sites for hydroxylation is 1. The summed E-state index contributed by atoms with van der Waals surface area (Å²) in [4.78, 5) is 11.6. The van der Waals surface area contributed by atoms with Gasteiger partial charge in [0.25, 0.3) is 0 Å². The van der Waals surface area contributed by atoms with E-state index in [4.69, 9.17) is 0 Å². The van der Waals surface area contributed by atoms with Crippen molar-refractivity contribution in [2.45, 2.75) is 13.0 Å². The second-order valence-electron chi connectivity index (χ2n) is 4.98. The summed E-state index contributed by atoms with van der Waals surface area (Å²) in [5.74, 6) is -4.50. The Morgan fingerprint density at radius 1 is 1.09 bits per heavy atom. The van der Waals surface area contributed by atoms with Crippen molar-refractivity contribution in [1.82, 2.24) is 5.32 Å². The Kier molecular flexibility index (Phi) is 5.23. The molecule has 0 fully saturated rings. The molecule has 0 aliphatic carbocycles. The number of nitrogens with one attached hydrogen (secondary N) is 2. The SMILES string of the molecule is Cc1ccc([C@H](O)CNC(=O)Nc2ccc(F)c(F)c2F)cc1. The molecule has 0 saturated heterocycles. The maximum atomic E-state index is 13.4. The molecule has 0 unspecified atom stereocenters. The van der Waals surface area contributed by atoms with Crippen LogP contribution in [0.25, 0.3) is 0 Å². The molecule has 0 aliphatic heterocycles. The second kappa shape index (κ2) is 7.15. The summed E-state index contributed by atoms with van der Waals surface area (Å²) in [7, 11) is 0. The van der Waals surface area contributed by atoms with Gasteiger partial charge in [0.1, 0.15) is 0 Å². The van der Waals surface area contributed by atoms with Crippen LogP contribution in [0.5, 0.6) is 0 Å². The zero-order chi connectivity index (χ0) is 17.0. The van der Waals surface area contributed by atoms with Gasteiger partial charge in [-0.15, -0.1) is 0 Å². The van der Waals surface area contributed by atoms with Crippen molar-refractivity contribution in [1.29, 1.82) is 0 Å². The number of carbonyl (C=O) groups is 1. The Balaban J connectivity index is 1.93. The third kappa shape index (κ3) is 4.23. The number of urea groups is 1. The van der Waals surface area contributed by atoms with Crippen molar-refractivity contribution in [2.75, 3.05) is 11.9 Å². The predicted octanol–water partition coefficient (Wildman–Crippen LogP) is 3.27. The fraction of sp³-hybridized carbons (Fsp3) is 0.188. The number of hydrogen-bond donors (Lipinski definition) is 3. The van der Waals surface area contributed by atoms with E-state index in [0.29, 0.717) is 11.6 Å².